The summed E-state index contributed by atoms with van der Waals surface area (Å²) in [6.07, 6.45) is 2.19. The van der Waals surface area contributed by atoms with E-state index < -0.39 is 0 Å². The van der Waals surface area contributed by atoms with E-state index in [0.29, 0.717) is 37.3 Å². The van der Waals surface area contributed by atoms with Crippen LogP contribution in [-0.4, -0.2) is 55.4 Å². The van der Waals surface area contributed by atoms with Crippen molar-refractivity contribution in [2.75, 3.05) is 26.3 Å². The largest absolute Gasteiger partial charge is 0.373 e. The molecule has 9 nitrogen and oxygen atoms in total. The molecule has 9 heteroatoms. The second-order valence-electron chi connectivity index (χ2n) is 5.66. The molecular weight excluding hydrogens is 300 g/mol. The maximum Gasteiger partial charge on any atom is 0.332 e. The number of amidine groups is 1. The first kappa shape index (κ1) is 15.5. The summed E-state index contributed by atoms with van der Waals surface area (Å²) in [6, 6.07) is 0. The van der Waals surface area contributed by atoms with Crippen molar-refractivity contribution in [2.24, 2.45) is 19.8 Å². The van der Waals surface area contributed by atoms with E-state index in [0.717, 1.165) is 23.5 Å². The molecule has 0 amide bonds. The number of imidazole rings is 1. The van der Waals surface area contributed by atoms with Crippen LogP contribution in [0.4, 0.5) is 0 Å². The molecule has 0 aliphatic carbocycles. The van der Waals surface area contributed by atoms with Gasteiger partial charge in [0.15, 0.2) is 11.2 Å². The third kappa shape index (κ3) is 2.67. The highest BCUT2D eigenvalue weighted by atomic mass is 16.5. The normalized spacial score (nSPS) is 15.3. The van der Waals surface area contributed by atoms with Crippen LogP contribution in [0.3, 0.4) is 0 Å². The molecule has 2 N–H and O–H groups in total. The number of hydrogen-bond donors (Lipinski definition) is 1. The average molecular weight is 321 g/mol. The Kier molecular flexibility index (Phi) is 4.03. The van der Waals surface area contributed by atoms with Gasteiger partial charge in [0.2, 0.25) is 5.84 Å². The van der Waals surface area contributed by atoms with Gasteiger partial charge in [-0.3, -0.25) is 24.2 Å². The van der Waals surface area contributed by atoms with Gasteiger partial charge in [-0.25, -0.2) is 9.78 Å². The van der Waals surface area contributed by atoms with Crippen LogP contribution in [0.15, 0.2) is 15.9 Å². The Balaban J connectivity index is 1.93. The van der Waals surface area contributed by atoms with Crippen LogP contribution < -0.4 is 17.0 Å². The summed E-state index contributed by atoms with van der Waals surface area (Å²) >= 11 is 0. The maximum atomic E-state index is 12.4. The molecule has 1 aliphatic heterocycles. The summed E-state index contributed by atoms with van der Waals surface area (Å²) < 4.78 is 11.6. The highest BCUT2D eigenvalue weighted by Crippen LogP contribution is 2.06. The van der Waals surface area contributed by atoms with Crippen molar-refractivity contribution in [3.8, 4) is 0 Å². The molecule has 1 aliphatic rings. The predicted molar refractivity (Wildman–Crippen MR) is 84.8 cm³/mol. The molecule has 0 radical (unpaired) electrons. The van der Waals surface area contributed by atoms with E-state index in [1.54, 1.807) is 17.9 Å². The minimum atomic E-state index is -0.382. The van der Waals surface area contributed by atoms with E-state index in [1.807, 2.05) is 0 Å². The summed E-state index contributed by atoms with van der Waals surface area (Å²) in [6.45, 7) is 3.46. The van der Waals surface area contributed by atoms with Gasteiger partial charge in [-0.2, -0.15) is 0 Å². The van der Waals surface area contributed by atoms with E-state index in [2.05, 4.69) is 9.56 Å². The third-order valence-corrected chi connectivity index (χ3v) is 4.24. The molecule has 1 fully saturated rings. The smallest absolute Gasteiger partial charge is 0.332 e. The standard InChI is InChI=1S/C14H20N6O3/c1-17-12-11(13(21)18(2)14(17)22)20(9-16-12)4-3-10(15)19-5-7-23-8-6-19/h9,15H,3-8H2,1-2H3/p+1. The maximum absolute atomic E-state index is 12.4. The number of nitrogens with zero attached hydrogens (tertiary/aromatic N) is 5. The first-order valence-corrected chi connectivity index (χ1v) is 7.55. The van der Waals surface area contributed by atoms with E-state index >= 15 is 0 Å². The minimum absolute atomic E-state index is 0.342. The fraction of sp³-hybridized carbons (Fsp3) is 0.571. The van der Waals surface area contributed by atoms with Crippen LogP contribution in [0.5, 0.6) is 0 Å². The molecule has 0 bridgehead atoms. The van der Waals surface area contributed by atoms with Crippen molar-refractivity contribution in [2.45, 2.75) is 13.0 Å². The van der Waals surface area contributed by atoms with Crippen molar-refractivity contribution in [3.05, 3.63) is 27.2 Å². The average Bonchev–Trinajstić information content (AvgIpc) is 3.00. The topological polar surface area (TPSA) is 100 Å². The molecule has 3 heterocycles. The molecule has 0 atom stereocenters. The summed E-state index contributed by atoms with van der Waals surface area (Å²) in [4.78, 5) is 28.5. The van der Waals surface area contributed by atoms with Crippen LogP contribution in [0.1, 0.15) is 6.42 Å². The monoisotopic (exact) mass is 321 g/mol. The molecule has 23 heavy (non-hydrogen) atoms. The van der Waals surface area contributed by atoms with Gasteiger partial charge in [-0.1, -0.05) is 0 Å². The van der Waals surface area contributed by atoms with E-state index in [4.69, 9.17) is 10.5 Å². The molecule has 3 rings (SSSR count). The highest BCUT2D eigenvalue weighted by Gasteiger charge is 2.17. The van der Waals surface area contributed by atoms with E-state index in [1.165, 1.54) is 11.6 Å². The molecule has 124 valence electrons. The van der Waals surface area contributed by atoms with Gasteiger partial charge < -0.3 is 9.30 Å². The second-order valence-corrected chi connectivity index (χ2v) is 5.66. The Morgan fingerprint density at radius 1 is 1.30 bits per heavy atom. The summed E-state index contributed by atoms with van der Waals surface area (Å²) in [5.74, 6) is 0.775. The van der Waals surface area contributed by atoms with Crippen LogP contribution in [-0.2, 0) is 25.4 Å². The zero-order valence-corrected chi connectivity index (χ0v) is 13.4. The zero-order valence-electron chi connectivity index (χ0n) is 13.4. The van der Waals surface area contributed by atoms with E-state index in [-0.39, 0.29) is 11.2 Å². The van der Waals surface area contributed by atoms with Crippen molar-refractivity contribution in [3.63, 3.8) is 0 Å². The number of rotatable bonds is 3. The molecule has 1 saturated heterocycles. The number of fused-ring (bicyclic) bond motifs is 1. The van der Waals surface area contributed by atoms with Crippen LogP contribution in [0.25, 0.3) is 11.2 Å². The Labute approximate surface area is 132 Å². The number of aryl methyl sites for hydroxylation is 2. The number of ether oxygens (including phenoxy) is 1. The summed E-state index contributed by atoms with van der Waals surface area (Å²) in [5.41, 5.74) is 6.23. The highest BCUT2D eigenvalue weighted by molar-refractivity contribution is 5.75. The predicted octanol–water partition coefficient (Wildman–Crippen LogP) is -1.78. The lowest BCUT2D eigenvalue weighted by Crippen LogP contribution is -2.38. The summed E-state index contributed by atoms with van der Waals surface area (Å²) in [5, 5.41) is 0. The number of aromatic nitrogens is 4. The molecular formula is C14H21N6O3+. The van der Waals surface area contributed by atoms with Gasteiger partial charge in [0.05, 0.1) is 26.0 Å². The molecule has 0 aromatic carbocycles. The first-order valence-electron chi connectivity index (χ1n) is 7.55. The van der Waals surface area contributed by atoms with Crippen molar-refractivity contribution in [1.82, 2.24) is 18.7 Å². The van der Waals surface area contributed by atoms with Crippen molar-refractivity contribution < 1.29 is 9.31 Å². The van der Waals surface area contributed by atoms with Crippen molar-refractivity contribution >= 4 is 17.0 Å². The SMILES string of the molecule is Cn1c(=O)c2c(ncn2CCC(N)=[N+]2CCOCC2)n(C)c1=O. The van der Waals surface area contributed by atoms with Gasteiger partial charge in [0.25, 0.3) is 5.56 Å². The van der Waals surface area contributed by atoms with Gasteiger partial charge >= 0.3 is 5.69 Å². The van der Waals surface area contributed by atoms with Crippen LogP contribution >= 0.6 is 0 Å². The van der Waals surface area contributed by atoms with Gasteiger partial charge in [0.1, 0.15) is 13.1 Å². The third-order valence-electron chi connectivity index (χ3n) is 4.24. The van der Waals surface area contributed by atoms with Gasteiger partial charge in [-0.05, 0) is 0 Å². The molecule has 0 unspecified atom stereocenters. The van der Waals surface area contributed by atoms with Gasteiger partial charge in [-0.15, -0.1) is 0 Å². The van der Waals surface area contributed by atoms with Crippen LogP contribution in [0, 0.1) is 0 Å². The summed E-state index contributed by atoms with van der Waals surface area (Å²) in [7, 11) is 3.07. The molecule has 2 aromatic heterocycles. The number of hydrogen-bond acceptors (Lipinski definition) is 4. The molecule has 2 aromatic rings. The molecule has 0 spiro atoms. The van der Waals surface area contributed by atoms with Gasteiger partial charge in [0, 0.05) is 20.6 Å². The first-order chi connectivity index (χ1) is 11.0. The van der Waals surface area contributed by atoms with Crippen LogP contribution in [0.2, 0.25) is 0 Å². The van der Waals surface area contributed by atoms with Crippen molar-refractivity contribution in [1.29, 1.82) is 0 Å². The quantitative estimate of drug-likeness (QED) is 0.532. The number of nitrogens with two attached hydrogens (primary N) is 1. The molecule has 0 saturated carbocycles. The lowest BCUT2D eigenvalue weighted by molar-refractivity contribution is -0.551. The zero-order chi connectivity index (χ0) is 16.6. The fourth-order valence-corrected chi connectivity index (χ4v) is 2.81. The van der Waals surface area contributed by atoms with E-state index in [9.17, 15) is 9.59 Å². The minimum Gasteiger partial charge on any atom is -0.373 e. The Morgan fingerprint density at radius 3 is 2.70 bits per heavy atom. The fourth-order valence-electron chi connectivity index (χ4n) is 2.81. The Bertz CT molecular complexity index is 880. The Hall–Kier alpha value is -2.42. The number of morpholine rings is 1. The Morgan fingerprint density at radius 2 is 2.00 bits per heavy atom. The lowest BCUT2D eigenvalue weighted by atomic mass is 10.3. The second kappa shape index (κ2) is 5.99. The lowest BCUT2D eigenvalue weighted by Gasteiger charge is -2.15.